The molecule has 1 aliphatic heterocycles. The Morgan fingerprint density at radius 1 is 1.33 bits per heavy atom. The molecule has 0 atom stereocenters. The van der Waals surface area contributed by atoms with Crippen molar-refractivity contribution in [3.05, 3.63) is 40.3 Å². The van der Waals surface area contributed by atoms with Gasteiger partial charge in [-0.05, 0) is 50.2 Å². The number of hydrogen-bond donors (Lipinski definition) is 1. The van der Waals surface area contributed by atoms with Gasteiger partial charge in [-0.2, -0.15) is 0 Å². The third kappa shape index (κ3) is 4.04. The number of ketones is 2. The summed E-state index contributed by atoms with van der Waals surface area (Å²) < 4.78 is 0. The van der Waals surface area contributed by atoms with Crippen LogP contribution < -0.4 is 5.32 Å². The summed E-state index contributed by atoms with van der Waals surface area (Å²) in [4.78, 5) is 42.5. The zero-order chi connectivity index (χ0) is 19.4. The van der Waals surface area contributed by atoms with E-state index in [-0.39, 0.29) is 28.1 Å². The molecule has 3 rings (SSSR count). The Bertz CT molecular complexity index is 874. The van der Waals surface area contributed by atoms with Crippen LogP contribution in [0.4, 0.5) is 0 Å². The lowest BCUT2D eigenvalue weighted by Crippen LogP contribution is -2.39. The maximum absolute atomic E-state index is 12.8. The molecule has 27 heavy (non-hydrogen) atoms. The number of likely N-dealkylation sites (tertiary alicyclic amines) is 1. The summed E-state index contributed by atoms with van der Waals surface area (Å²) in [6.07, 6.45) is 4.07. The molecule has 0 unspecified atom stereocenters. The van der Waals surface area contributed by atoms with Gasteiger partial charge in [0.05, 0.1) is 5.56 Å². The van der Waals surface area contributed by atoms with Crippen LogP contribution in [0.3, 0.4) is 0 Å². The highest BCUT2D eigenvalue weighted by molar-refractivity contribution is 6.49. The molecule has 0 radical (unpaired) electrons. The van der Waals surface area contributed by atoms with E-state index < -0.39 is 5.78 Å². The number of amides is 1. The van der Waals surface area contributed by atoms with Crippen molar-refractivity contribution >= 4 is 29.1 Å². The maximum Gasteiger partial charge on any atom is 0.295 e. The van der Waals surface area contributed by atoms with Gasteiger partial charge in [-0.15, -0.1) is 0 Å². The predicted octanol–water partition coefficient (Wildman–Crippen LogP) is 2.15. The highest BCUT2D eigenvalue weighted by atomic mass is 35.5. The Morgan fingerprint density at radius 3 is 2.78 bits per heavy atom. The van der Waals surface area contributed by atoms with E-state index >= 15 is 0 Å². The van der Waals surface area contributed by atoms with Crippen LogP contribution >= 0.6 is 11.6 Å². The lowest BCUT2D eigenvalue weighted by atomic mass is 9.90. The zero-order valence-electron chi connectivity index (χ0n) is 15.0. The second-order valence-corrected chi connectivity index (χ2v) is 6.95. The van der Waals surface area contributed by atoms with E-state index in [9.17, 15) is 14.4 Å². The number of fused-ring (bicyclic) bond motifs is 1. The highest BCUT2D eigenvalue weighted by Crippen LogP contribution is 2.32. The fraction of sp³-hybridized carbons (Fsp3) is 0.400. The number of nitrogens with one attached hydrogen (secondary N) is 1. The first-order chi connectivity index (χ1) is 13.0. The van der Waals surface area contributed by atoms with E-state index in [4.69, 9.17) is 11.6 Å². The van der Waals surface area contributed by atoms with Crippen molar-refractivity contribution in [2.45, 2.75) is 26.2 Å². The van der Waals surface area contributed by atoms with Crippen molar-refractivity contribution in [1.82, 2.24) is 15.2 Å². The van der Waals surface area contributed by atoms with Crippen LogP contribution in [-0.4, -0.2) is 47.0 Å². The lowest BCUT2D eigenvalue weighted by molar-refractivity contribution is -0.115. The van der Waals surface area contributed by atoms with Gasteiger partial charge in [0, 0.05) is 25.8 Å². The van der Waals surface area contributed by atoms with Crippen molar-refractivity contribution in [1.29, 1.82) is 0 Å². The van der Waals surface area contributed by atoms with Crippen LogP contribution in [0.2, 0.25) is 0 Å². The Balaban J connectivity index is 1.62. The first kappa shape index (κ1) is 19.1. The largest absolute Gasteiger partial charge is 0.367 e. The zero-order valence-corrected chi connectivity index (χ0v) is 15.8. The van der Waals surface area contributed by atoms with Gasteiger partial charge in [0.15, 0.2) is 0 Å². The molecule has 1 saturated heterocycles. The van der Waals surface area contributed by atoms with Gasteiger partial charge >= 0.3 is 0 Å². The van der Waals surface area contributed by atoms with Crippen molar-refractivity contribution in [2.24, 2.45) is 5.92 Å². The van der Waals surface area contributed by atoms with E-state index in [1.807, 2.05) is 4.90 Å². The number of hydrogen-bond acceptors (Lipinski definition) is 5. The standard InChI is InChI=1S/C20H20ClN3O3/c1-2-4-15(25)22-10-6-13-7-11-24(12-8-13)18-16(21)20(27)17-14(19(18)26)5-3-9-23-17/h3,5,9,13H,6-8,10-12H2,1H3,(H,22,25). The van der Waals surface area contributed by atoms with Crippen molar-refractivity contribution in [2.75, 3.05) is 19.6 Å². The number of aromatic nitrogens is 1. The number of carbonyl (C=O) groups is 3. The van der Waals surface area contributed by atoms with Crippen LogP contribution in [0.5, 0.6) is 0 Å². The molecular weight excluding hydrogens is 366 g/mol. The molecule has 7 heteroatoms. The summed E-state index contributed by atoms with van der Waals surface area (Å²) >= 11 is 6.24. The average Bonchev–Trinajstić information content (AvgIpc) is 2.68. The summed E-state index contributed by atoms with van der Waals surface area (Å²) in [5, 5.41) is 2.73. The normalized spacial score (nSPS) is 17.3. The van der Waals surface area contributed by atoms with Crippen LogP contribution in [0.15, 0.2) is 29.1 Å². The second kappa shape index (κ2) is 8.36. The van der Waals surface area contributed by atoms with E-state index in [0.29, 0.717) is 31.1 Å². The monoisotopic (exact) mass is 385 g/mol. The third-order valence-corrected chi connectivity index (χ3v) is 5.25. The molecule has 0 saturated carbocycles. The number of nitrogens with zero attached hydrogens (tertiary/aromatic N) is 2. The summed E-state index contributed by atoms with van der Waals surface area (Å²) in [7, 11) is 0. The number of pyridine rings is 1. The number of allylic oxidation sites excluding steroid dienone is 2. The molecule has 1 amide bonds. The van der Waals surface area contributed by atoms with Crippen LogP contribution in [0.25, 0.3) is 0 Å². The minimum absolute atomic E-state index is 0.0462. The smallest absolute Gasteiger partial charge is 0.295 e. The molecule has 2 heterocycles. The Hall–Kier alpha value is -2.65. The lowest BCUT2D eigenvalue weighted by Gasteiger charge is -2.36. The van der Waals surface area contributed by atoms with Crippen LogP contribution in [0, 0.1) is 17.8 Å². The molecule has 1 aromatic heterocycles. The molecule has 1 aliphatic carbocycles. The SMILES string of the molecule is CC#CC(=O)NCCC1CCN(C2=C(Cl)C(=O)c3ncccc3C2=O)CC1. The van der Waals surface area contributed by atoms with Gasteiger partial charge in [0.1, 0.15) is 16.4 Å². The number of Topliss-reactive ketones (excluding diaryl/α,β-unsaturated/α-hetero) is 2. The fourth-order valence-electron chi connectivity index (χ4n) is 3.48. The molecular formula is C20H20ClN3O3. The molecule has 0 spiro atoms. The molecule has 1 N–H and O–H groups in total. The quantitative estimate of drug-likeness (QED) is 0.803. The van der Waals surface area contributed by atoms with Crippen molar-refractivity contribution in [3.8, 4) is 11.8 Å². The summed E-state index contributed by atoms with van der Waals surface area (Å²) in [5.41, 5.74) is 0.716. The summed E-state index contributed by atoms with van der Waals surface area (Å²) in [6.45, 7) is 3.50. The molecule has 1 aromatic rings. The minimum Gasteiger partial charge on any atom is -0.367 e. The number of piperidine rings is 1. The first-order valence-electron chi connectivity index (χ1n) is 8.92. The molecule has 140 valence electrons. The summed E-state index contributed by atoms with van der Waals surface area (Å²) in [5.74, 6) is 4.56. The summed E-state index contributed by atoms with van der Waals surface area (Å²) in [6, 6.07) is 3.25. The van der Waals surface area contributed by atoms with Gasteiger partial charge in [0.25, 0.3) is 5.91 Å². The molecule has 1 fully saturated rings. The van der Waals surface area contributed by atoms with E-state index in [1.165, 1.54) is 6.20 Å². The average molecular weight is 386 g/mol. The first-order valence-corrected chi connectivity index (χ1v) is 9.30. The van der Waals surface area contributed by atoms with Crippen molar-refractivity contribution in [3.63, 3.8) is 0 Å². The van der Waals surface area contributed by atoms with E-state index in [0.717, 1.165) is 19.3 Å². The molecule has 0 bridgehead atoms. The second-order valence-electron chi connectivity index (χ2n) is 6.57. The van der Waals surface area contributed by atoms with Gasteiger partial charge < -0.3 is 10.2 Å². The van der Waals surface area contributed by atoms with E-state index in [2.05, 4.69) is 22.1 Å². The molecule has 2 aliphatic rings. The Labute approximate surface area is 163 Å². The Kier molecular flexibility index (Phi) is 5.92. The maximum atomic E-state index is 12.8. The predicted molar refractivity (Wildman–Crippen MR) is 101 cm³/mol. The number of rotatable bonds is 4. The van der Waals surface area contributed by atoms with E-state index in [1.54, 1.807) is 19.1 Å². The highest BCUT2D eigenvalue weighted by Gasteiger charge is 2.36. The van der Waals surface area contributed by atoms with Gasteiger partial charge in [-0.1, -0.05) is 17.5 Å². The molecule has 0 aromatic carbocycles. The van der Waals surface area contributed by atoms with Gasteiger partial charge in [0.2, 0.25) is 11.6 Å². The minimum atomic E-state index is -0.399. The van der Waals surface area contributed by atoms with Gasteiger partial charge in [-0.3, -0.25) is 19.4 Å². The van der Waals surface area contributed by atoms with Crippen LogP contribution in [-0.2, 0) is 4.79 Å². The van der Waals surface area contributed by atoms with Gasteiger partial charge in [-0.25, -0.2) is 0 Å². The fourth-order valence-corrected chi connectivity index (χ4v) is 3.78. The third-order valence-electron chi connectivity index (χ3n) is 4.90. The Morgan fingerprint density at radius 2 is 2.07 bits per heavy atom. The topological polar surface area (TPSA) is 79.4 Å². The molecule has 6 nitrogen and oxygen atoms in total. The van der Waals surface area contributed by atoms with Crippen LogP contribution in [0.1, 0.15) is 47.0 Å². The van der Waals surface area contributed by atoms with Crippen molar-refractivity contribution < 1.29 is 14.4 Å². The number of carbonyl (C=O) groups excluding carboxylic acids is 3. The number of halogens is 1.